The quantitative estimate of drug-likeness (QED) is 0.735. The first kappa shape index (κ1) is 16.4. The molecule has 0 saturated carbocycles. The second kappa shape index (κ2) is 6.56. The third kappa shape index (κ3) is 3.72. The molecule has 0 bridgehead atoms. The van der Waals surface area contributed by atoms with Gasteiger partial charge in [-0.2, -0.15) is 10.1 Å². The zero-order chi connectivity index (χ0) is 16.4. The summed E-state index contributed by atoms with van der Waals surface area (Å²) in [5.41, 5.74) is 0. The number of rotatable bonds is 4. The number of piperazine rings is 1. The van der Waals surface area contributed by atoms with Gasteiger partial charge in [0, 0.05) is 38.8 Å². The van der Waals surface area contributed by atoms with E-state index in [2.05, 4.69) is 32.0 Å². The monoisotopic (exact) mass is 340 g/mol. The largest absolute Gasteiger partial charge is 0.353 e. The molecule has 1 atom stereocenters. The van der Waals surface area contributed by atoms with Crippen molar-refractivity contribution in [3.8, 4) is 0 Å². The Hall–Kier alpha value is -1.48. The van der Waals surface area contributed by atoms with E-state index in [0.29, 0.717) is 18.9 Å². The minimum atomic E-state index is -2.93. The van der Waals surface area contributed by atoms with Gasteiger partial charge in [0.2, 0.25) is 5.95 Å². The van der Waals surface area contributed by atoms with Crippen LogP contribution < -0.4 is 9.80 Å². The summed E-state index contributed by atoms with van der Waals surface area (Å²) in [6.45, 7) is 6.50. The Labute approximate surface area is 137 Å². The number of hydrogen-bond acceptors (Lipinski definition) is 8. The fourth-order valence-corrected chi connectivity index (χ4v) is 4.91. The highest BCUT2D eigenvalue weighted by molar-refractivity contribution is 7.91. The fourth-order valence-electron chi connectivity index (χ4n) is 3.18. The standard InChI is InChI=1S/C14H24N6O2S/c1-3-20(12-4-9-23(21,22)11-12)14-16-13(10-15-17-14)19-7-5-18(2)6-8-19/h10,12H,3-9,11H2,1-2H3. The number of anilines is 2. The topological polar surface area (TPSA) is 82.5 Å². The second-order valence-corrected chi connectivity index (χ2v) is 8.48. The maximum Gasteiger partial charge on any atom is 0.247 e. The van der Waals surface area contributed by atoms with E-state index in [-0.39, 0.29) is 17.5 Å². The summed E-state index contributed by atoms with van der Waals surface area (Å²) in [5.74, 6) is 1.79. The molecule has 2 aliphatic heterocycles. The molecule has 3 heterocycles. The summed E-state index contributed by atoms with van der Waals surface area (Å²) in [7, 11) is -0.817. The molecule has 1 aromatic rings. The minimum Gasteiger partial charge on any atom is -0.353 e. The summed E-state index contributed by atoms with van der Waals surface area (Å²) in [6, 6.07) is -0.0467. The highest BCUT2D eigenvalue weighted by atomic mass is 32.2. The molecule has 0 radical (unpaired) electrons. The lowest BCUT2D eigenvalue weighted by molar-refractivity contribution is 0.312. The SMILES string of the molecule is CCN(c1nncc(N2CCN(C)CC2)n1)C1CCS(=O)(=O)C1. The van der Waals surface area contributed by atoms with Crippen LogP contribution in [-0.2, 0) is 9.84 Å². The van der Waals surface area contributed by atoms with Crippen molar-refractivity contribution in [2.75, 3.05) is 61.1 Å². The average Bonchev–Trinajstić information content (AvgIpc) is 2.89. The number of sulfone groups is 1. The molecule has 1 unspecified atom stereocenters. The Balaban J connectivity index is 1.78. The normalized spacial score (nSPS) is 24.8. The zero-order valence-corrected chi connectivity index (χ0v) is 14.5. The van der Waals surface area contributed by atoms with Crippen LogP contribution in [0.2, 0.25) is 0 Å². The van der Waals surface area contributed by atoms with Crippen LogP contribution in [0.1, 0.15) is 13.3 Å². The highest BCUT2D eigenvalue weighted by Gasteiger charge is 2.33. The Morgan fingerprint density at radius 3 is 2.65 bits per heavy atom. The number of aromatic nitrogens is 3. The lowest BCUT2D eigenvalue weighted by atomic mass is 10.2. The van der Waals surface area contributed by atoms with E-state index in [1.54, 1.807) is 6.20 Å². The lowest BCUT2D eigenvalue weighted by Gasteiger charge is -2.33. The van der Waals surface area contributed by atoms with Gasteiger partial charge in [0.25, 0.3) is 0 Å². The van der Waals surface area contributed by atoms with Crippen LogP contribution in [0, 0.1) is 0 Å². The van der Waals surface area contributed by atoms with E-state index < -0.39 is 9.84 Å². The number of nitrogens with zero attached hydrogens (tertiary/aromatic N) is 6. The molecule has 0 aliphatic carbocycles. The molecule has 2 saturated heterocycles. The first-order valence-electron chi connectivity index (χ1n) is 8.09. The molecule has 2 fully saturated rings. The smallest absolute Gasteiger partial charge is 0.247 e. The maximum absolute atomic E-state index is 11.7. The van der Waals surface area contributed by atoms with Crippen LogP contribution in [0.3, 0.4) is 0 Å². The predicted octanol–water partition coefficient (Wildman–Crippen LogP) is -0.363. The van der Waals surface area contributed by atoms with Crippen molar-refractivity contribution in [1.29, 1.82) is 0 Å². The summed E-state index contributed by atoms with van der Waals surface area (Å²) >= 11 is 0. The summed E-state index contributed by atoms with van der Waals surface area (Å²) in [5, 5.41) is 8.24. The van der Waals surface area contributed by atoms with Gasteiger partial charge < -0.3 is 14.7 Å². The van der Waals surface area contributed by atoms with Gasteiger partial charge in [-0.25, -0.2) is 8.42 Å². The van der Waals surface area contributed by atoms with Gasteiger partial charge >= 0.3 is 0 Å². The van der Waals surface area contributed by atoms with Crippen molar-refractivity contribution < 1.29 is 8.42 Å². The van der Waals surface area contributed by atoms with Crippen LogP contribution in [0.5, 0.6) is 0 Å². The second-order valence-electron chi connectivity index (χ2n) is 6.25. The summed E-state index contributed by atoms with van der Waals surface area (Å²) in [6.07, 6.45) is 2.33. The van der Waals surface area contributed by atoms with Crippen LogP contribution in [0.15, 0.2) is 6.20 Å². The molecular weight excluding hydrogens is 316 g/mol. The van der Waals surface area contributed by atoms with Gasteiger partial charge in [0.15, 0.2) is 15.7 Å². The molecule has 0 N–H and O–H groups in total. The van der Waals surface area contributed by atoms with E-state index in [9.17, 15) is 8.42 Å². The van der Waals surface area contributed by atoms with Crippen molar-refractivity contribution in [3.63, 3.8) is 0 Å². The molecule has 1 aromatic heterocycles. The molecule has 0 amide bonds. The van der Waals surface area contributed by atoms with Crippen molar-refractivity contribution in [2.45, 2.75) is 19.4 Å². The van der Waals surface area contributed by atoms with Gasteiger partial charge in [0.05, 0.1) is 17.7 Å². The third-order valence-electron chi connectivity index (χ3n) is 4.61. The fraction of sp³-hybridized carbons (Fsp3) is 0.786. The predicted molar refractivity (Wildman–Crippen MR) is 89.6 cm³/mol. The Morgan fingerprint density at radius 1 is 1.30 bits per heavy atom. The van der Waals surface area contributed by atoms with Crippen LogP contribution in [0.25, 0.3) is 0 Å². The minimum absolute atomic E-state index is 0.0467. The van der Waals surface area contributed by atoms with Gasteiger partial charge in [-0.05, 0) is 20.4 Å². The molecule has 23 heavy (non-hydrogen) atoms. The van der Waals surface area contributed by atoms with E-state index in [1.807, 2.05) is 11.8 Å². The van der Waals surface area contributed by atoms with E-state index in [4.69, 9.17) is 0 Å². The highest BCUT2D eigenvalue weighted by Crippen LogP contribution is 2.22. The summed E-state index contributed by atoms with van der Waals surface area (Å²) in [4.78, 5) is 11.1. The summed E-state index contributed by atoms with van der Waals surface area (Å²) < 4.78 is 23.5. The van der Waals surface area contributed by atoms with Crippen molar-refractivity contribution in [2.24, 2.45) is 0 Å². The van der Waals surface area contributed by atoms with Crippen LogP contribution in [0.4, 0.5) is 11.8 Å². The van der Waals surface area contributed by atoms with Crippen LogP contribution in [-0.4, -0.2) is 85.8 Å². The Morgan fingerprint density at radius 2 is 2.04 bits per heavy atom. The molecule has 0 spiro atoms. The molecule has 9 heteroatoms. The molecule has 0 aromatic carbocycles. The average molecular weight is 340 g/mol. The van der Waals surface area contributed by atoms with Crippen molar-refractivity contribution >= 4 is 21.6 Å². The van der Waals surface area contributed by atoms with Gasteiger partial charge in [-0.1, -0.05) is 0 Å². The molecule has 128 valence electrons. The van der Waals surface area contributed by atoms with Crippen LogP contribution >= 0.6 is 0 Å². The van der Waals surface area contributed by atoms with E-state index in [1.165, 1.54) is 0 Å². The number of likely N-dealkylation sites (N-methyl/N-ethyl adjacent to an activating group) is 1. The molecular formula is C14H24N6O2S. The molecule has 3 rings (SSSR count). The van der Waals surface area contributed by atoms with Crippen molar-refractivity contribution in [1.82, 2.24) is 20.1 Å². The first-order chi connectivity index (χ1) is 11.0. The molecule has 2 aliphatic rings. The van der Waals surface area contributed by atoms with E-state index >= 15 is 0 Å². The molecule has 8 nitrogen and oxygen atoms in total. The Bertz CT molecular complexity index is 644. The first-order valence-corrected chi connectivity index (χ1v) is 9.91. The maximum atomic E-state index is 11.7. The van der Waals surface area contributed by atoms with Crippen molar-refractivity contribution in [3.05, 3.63) is 6.20 Å². The lowest BCUT2D eigenvalue weighted by Crippen LogP contribution is -2.45. The third-order valence-corrected chi connectivity index (χ3v) is 6.36. The zero-order valence-electron chi connectivity index (χ0n) is 13.7. The van der Waals surface area contributed by atoms with Gasteiger partial charge in [-0.3, -0.25) is 0 Å². The van der Waals surface area contributed by atoms with Gasteiger partial charge in [0.1, 0.15) is 0 Å². The van der Waals surface area contributed by atoms with E-state index in [0.717, 1.165) is 32.0 Å². The van der Waals surface area contributed by atoms with Gasteiger partial charge in [-0.15, -0.1) is 5.10 Å². The Kier molecular flexibility index (Phi) is 4.67. The number of hydrogen-bond donors (Lipinski definition) is 0.